The predicted octanol–water partition coefficient (Wildman–Crippen LogP) is 6.76. The van der Waals surface area contributed by atoms with E-state index in [0.717, 1.165) is 39.3 Å². The first-order chi connectivity index (χ1) is 17.9. The van der Waals surface area contributed by atoms with E-state index in [1.165, 1.54) is 5.69 Å². The Kier molecular flexibility index (Phi) is 6.56. The van der Waals surface area contributed by atoms with Crippen LogP contribution in [0.1, 0.15) is 10.4 Å². The molecule has 5 aromatic rings. The summed E-state index contributed by atoms with van der Waals surface area (Å²) in [5.41, 5.74) is 7.85. The summed E-state index contributed by atoms with van der Waals surface area (Å²) in [5.74, 6) is -0.122. The summed E-state index contributed by atoms with van der Waals surface area (Å²) in [4.78, 5) is 16.8. The fourth-order valence-corrected chi connectivity index (χ4v) is 4.27. The van der Waals surface area contributed by atoms with Gasteiger partial charge in [-0.25, -0.2) is 0 Å². The number of carbonyl (C=O) groups excluding carboxylic acids is 1. The Labute approximate surface area is 217 Å². The Morgan fingerprint density at radius 3 is 1.78 bits per heavy atom. The van der Waals surface area contributed by atoms with Gasteiger partial charge in [-0.15, -0.1) is 0 Å². The van der Waals surface area contributed by atoms with Gasteiger partial charge in [0.05, 0.1) is 5.52 Å². The maximum Gasteiger partial charge on any atom is 0.255 e. The van der Waals surface area contributed by atoms with Crippen LogP contribution in [0.4, 0.5) is 28.4 Å². The second-order valence-electron chi connectivity index (χ2n) is 9.47. The zero-order chi connectivity index (χ0) is 25.9. The van der Waals surface area contributed by atoms with Crippen LogP contribution in [0.25, 0.3) is 16.6 Å². The molecule has 0 aliphatic carbocycles. The maximum absolute atomic E-state index is 12.7. The monoisotopic (exact) mass is 489 g/mol. The van der Waals surface area contributed by atoms with Crippen LogP contribution in [-0.2, 0) is 0 Å². The van der Waals surface area contributed by atoms with Crippen LogP contribution in [0.2, 0.25) is 0 Å². The Balaban J connectivity index is 1.29. The second-order valence-corrected chi connectivity index (χ2v) is 9.47. The van der Waals surface area contributed by atoms with E-state index in [0.29, 0.717) is 5.56 Å². The average Bonchev–Trinajstić information content (AvgIpc) is 3.33. The predicted molar refractivity (Wildman–Crippen MR) is 156 cm³/mol. The van der Waals surface area contributed by atoms with Gasteiger partial charge in [0.25, 0.3) is 5.91 Å². The van der Waals surface area contributed by atoms with Crippen molar-refractivity contribution in [3.05, 3.63) is 109 Å². The second kappa shape index (κ2) is 10.1. The number of fused-ring (bicyclic) bond motifs is 1. The van der Waals surface area contributed by atoms with Crippen molar-refractivity contribution in [3.8, 4) is 5.69 Å². The quantitative estimate of drug-likeness (QED) is 0.265. The van der Waals surface area contributed by atoms with Crippen molar-refractivity contribution in [2.75, 3.05) is 48.6 Å². The SMILES string of the molecule is CN(C)c1ccc(Nc2ccc(-n3ccc4cc(NC(=O)c5ccc(N(C)C)cc5)ccc43)cc2)cc1. The molecule has 6 heteroatoms. The molecule has 0 aliphatic rings. The van der Waals surface area contributed by atoms with Crippen LogP contribution in [0, 0.1) is 0 Å². The molecule has 1 aromatic heterocycles. The Bertz CT molecular complexity index is 1520. The van der Waals surface area contributed by atoms with Crippen LogP contribution in [0.15, 0.2) is 103 Å². The number of rotatable bonds is 7. The van der Waals surface area contributed by atoms with E-state index in [1.807, 2.05) is 75.6 Å². The summed E-state index contributed by atoms with van der Waals surface area (Å²) >= 11 is 0. The molecule has 0 fully saturated rings. The van der Waals surface area contributed by atoms with Gasteiger partial charge in [-0.3, -0.25) is 4.79 Å². The molecule has 0 spiro atoms. The van der Waals surface area contributed by atoms with E-state index in [-0.39, 0.29) is 5.91 Å². The largest absolute Gasteiger partial charge is 0.378 e. The third-order valence-electron chi connectivity index (χ3n) is 6.41. The lowest BCUT2D eigenvalue weighted by Crippen LogP contribution is -2.13. The van der Waals surface area contributed by atoms with E-state index in [2.05, 4.69) is 80.9 Å². The zero-order valence-electron chi connectivity index (χ0n) is 21.6. The van der Waals surface area contributed by atoms with E-state index in [9.17, 15) is 4.79 Å². The van der Waals surface area contributed by atoms with E-state index >= 15 is 0 Å². The lowest BCUT2D eigenvalue weighted by Gasteiger charge is -2.14. The normalized spacial score (nSPS) is 10.8. The molecule has 2 N–H and O–H groups in total. The number of carbonyl (C=O) groups is 1. The number of aromatic nitrogens is 1. The minimum absolute atomic E-state index is 0.122. The molecule has 5 rings (SSSR count). The van der Waals surface area contributed by atoms with Crippen LogP contribution in [0.3, 0.4) is 0 Å². The van der Waals surface area contributed by atoms with Crippen molar-refractivity contribution in [1.82, 2.24) is 4.57 Å². The molecule has 1 heterocycles. The molecular weight excluding hydrogens is 458 g/mol. The van der Waals surface area contributed by atoms with E-state index in [1.54, 1.807) is 0 Å². The topological polar surface area (TPSA) is 52.5 Å². The Morgan fingerprint density at radius 2 is 1.19 bits per heavy atom. The molecule has 0 bridgehead atoms. The Hall–Kier alpha value is -4.71. The summed E-state index contributed by atoms with van der Waals surface area (Å²) in [5, 5.41) is 7.53. The highest BCUT2D eigenvalue weighted by molar-refractivity contribution is 6.05. The van der Waals surface area contributed by atoms with Crippen molar-refractivity contribution in [2.24, 2.45) is 0 Å². The molecule has 0 saturated heterocycles. The lowest BCUT2D eigenvalue weighted by atomic mass is 10.1. The molecular formula is C31H31N5O. The number of anilines is 5. The van der Waals surface area contributed by atoms with E-state index < -0.39 is 0 Å². The molecule has 0 saturated carbocycles. The minimum atomic E-state index is -0.122. The summed E-state index contributed by atoms with van der Waals surface area (Å²) in [7, 11) is 8.03. The van der Waals surface area contributed by atoms with Crippen LogP contribution in [0.5, 0.6) is 0 Å². The maximum atomic E-state index is 12.7. The molecule has 6 nitrogen and oxygen atoms in total. The van der Waals surface area contributed by atoms with Gasteiger partial charge < -0.3 is 25.0 Å². The highest BCUT2D eigenvalue weighted by Crippen LogP contribution is 2.26. The van der Waals surface area contributed by atoms with Crippen molar-refractivity contribution in [2.45, 2.75) is 0 Å². The van der Waals surface area contributed by atoms with Crippen LogP contribution in [-0.4, -0.2) is 38.7 Å². The van der Waals surface area contributed by atoms with Crippen LogP contribution < -0.4 is 20.4 Å². The number of hydrogen-bond acceptors (Lipinski definition) is 4. The standard InChI is InChI=1S/C31H31N5O/c1-34(2)27-12-5-22(6-13-27)31(37)33-26-11-18-30-23(21-26)19-20-36(30)29-16-9-25(10-17-29)32-24-7-14-28(15-8-24)35(3)4/h5-21,32H,1-4H3,(H,33,37). The van der Waals surface area contributed by atoms with Crippen molar-refractivity contribution in [3.63, 3.8) is 0 Å². The number of benzene rings is 4. The van der Waals surface area contributed by atoms with Gasteiger partial charge in [0.1, 0.15) is 0 Å². The summed E-state index contributed by atoms with van der Waals surface area (Å²) < 4.78 is 2.15. The molecule has 37 heavy (non-hydrogen) atoms. The molecule has 186 valence electrons. The van der Waals surface area contributed by atoms with Gasteiger partial charge >= 0.3 is 0 Å². The summed E-state index contributed by atoms with van der Waals surface area (Å²) in [6.07, 6.45) is 2.05. The number of amides is 1. The third-order valence-corrected chi connectivity index (χ3v) is 6.41. The average molecular weight is 490 g/mol. The lowest BCUT2D eigenvalue weighted by molar-refractivity contribution is 0.102. The molecule has 0 aliphatic heterocycles. The molecule has 0 atom stereocenters. The van der Waals surface area contributed by atoms with Crippen molar-refractivity contribution >= 4 is 45.2 Å². The van der Waals surface area contributed by atoms with Gasteiger partial charge in [0, 0.05) is 79.5 Å². The molecule has 1 amide bonds. The Morgan fingerprint density at radius 1 is 0.649 bits per heavy atom. The highest BCUT2D eigenvalue weighted by Gasteiger charge is 2.09. The van der Waals surface area contributed by atoms with Gasteiger partial charge in [0.2, 0.25) is 0 Å². The van der Waals surface area contributed by atoms with Crippen molar-refractivity contribution in [1.29, 1.82) is 0 Å². The highest BCUT2D eigenvalue weighted by atomic mass is 16.1. The first kappa shape index (κ1) is 24.0. The fraction of sp³-hybridized carbons (Fsp3) is 0.129. The van der Waals surface area contributed by atoms with Crippen LogP contribution >= 0.6 is 0 Å². The van der Waals surface area contributed by atoms with Gasteiger partial charge in [-0.1, -0.05) is 0 Å². The van der Waals surface area contributed by atoms with Gasteiger partial charge in [0.15, 0.2) is 0 Å². The number of nitrogens with one attached hydrogen (secondary N) is 2. The fourth-order valence-electron chi connectivity index (χ4n) is 4.27. The smallest absolute Gasteiger partial charge is 0.255 e. The third kappa shape index (κ3) is 5.28. The summed E-state index contributed by atoms with van der Waals surface area (Å²) in [6, 6.07) is 32.3. The zero-order valence-corrected chi connectivity index (χ0v) is 21.6. The minimum Gasteiger partial charge on any atom is -0.378 e. The first-order valence-corrected chi connectivity index (χ1v) is 12.2. The van der Waals surface area contributed by atoms with Gasteiger partial charge in [-0.05, 0) is 97.1 Å². The number of nitrogens with zero attached hydrogens (tertiary/aromatic N) is 3. The van der Waals surface area contributed by atoms with E-state index in [4.69, 9.17) is 0 Å². The van der Waals surface area contributed by atoms with Crippen molar-refractivity contribution < 1.29 is 4.79 Å². The molecule has 0 radical (unpaired) electrons. The van der Waals surface area contributed by atoms with Gasteiger partial charge in [-0.2, -0.15) is 0 Å². The first-order valence-electron chi connectivity index (χ1n) is 12.2. The molecule has 4 aromatic carbocycles. The summed E-state index contributed by atoms with van der Waals surface area (Å²) in [6.45, 7) is 0. The molecule has 0 unspecified atom stereocenters. The number of hydrogen-bond donors (Lipinski definition) is 2.